The summed E-state index contributed by atoms with van der Waals surface area (Å²) in [5.41, 5.74) is 1.18. The summed E-state index contributed by atoms with van der Waals surface area (Å²) in [6.07, 6.45) is 0.905. The van der Waals surface area contributed by atoms with Crippen LogP contribution in [0.5, 0.6) is 5.75 Å². The van der Waals surface area contributed by atoms with E-state index < -0.39 is 0 Å². The second kappa shape index (κ2) is 7.88. The average Bonchev–Trinajstić information content (AvgIpc) is 2.37. The average molecular weight is 330 g/mol. The van der Waals surface area contributed by atoms with E-state index in [2.05, 4.69) is 47.8 Å². The Morgan fingerprint density at radius 2 is 2.05 bits per heavy atom. The Labute approximate surface area is 124 Å². The van der Waals surface area contributed by atoms with E-state index in [9.17, 15) is 5.11 Å². The number of benzene rings is 1. The van der Waals surface area contributed by atoms with E-state index in [0.29, 0.717) is 5.92 Å². The third-order valence-electron chi connectivity index (χ3n) is 3.50. The van der Waals surface area contributed by atoms with Crippen LogP contribution in [0.4, 0.5) is 0 Å². The Morgan fingerprint density at radius 1 is 1.37 bits per heavy atom. The van der Waals surface area contributed by atoms with Crippen molar-refractivity contribution < 1.29 is 9.84 Å². The molecular weight excluding hydrogens is 306 g/mol. The van der Waals surface area contributed by atoms with Crippen LogP contribution in [0.25, 0.3) is 0 Å². The van der Waals surface area contributed by atoms with Crippen LogP contribution in [-0.2, 0) is 6.42 Å². The lowest BCUT2D eigenvalue weighted by atomic mass is 10.0. The SMILES string of the molecule is COc1ccc(Br)cc1CCN(C)C(CO)C(C)C. The molecule has 0 aliphatic carbocycles. The van der Waals surface area contributed by atoms with E-state index in [1.807, 2.05) is 12.1 Å². The van der Waals surface area contributed by atoms with Gasteiger partial charge in [0.15, 0.2) is 0 Å². The minimum atomic E-state index is 0.198. The molecule has 1 unspecified atom stereocenters. The first-order valence-electron chi connectivity index (χ1n) is 6.63. The minimum absolute atomic E-state index is 0.198. The van der Waals surface area contributed by atoms with Gasteiger partial charge in [0, 0.05) is 17.1 Å². The second-order valence-electron chi connectivity index (χ2n) is 5.18. The molecule has 0 radical (unpaired) electrons. The van der Waals surface area contributed by atoms with Crippen LogP contribution in [0.2, 0.25) is 0 Å². The van der Waals surface area contributed by atoms with Crippen molar-refractivity contribution in [2.24, 2.45) is 5.92 Å². The second-order valence-corrected chi connectivity index (χ2v) is 6.10. The smallest absolute Gasteiger partial charge is 0.122 e. The number of methoxy groups -OCH3 is 1. The van der Waals surface area contributed by atoms with Gasteiger partial charge < -0.3 is 14.7 Å². The number of nitrogens with zero attached hydrogens (tertiary/aromatic N) is 1. The summed E-state index contributed by atoms with van der Waals surface area (Å²) in [6, 6.07) is 6.26. The van der Waals surface area contributed by atoms with Crippen molar-refractivity contribution in [2.45, 2.75) is 26.3 Å². The molecule has 3 nitrogen and oxygen atoms in total. The molecule has 0 saturated carbocycles. The monoisotopic (exact) mass is 329 g/mol. The zero-order valence-corrected chi connectivity index (χ0v) is 13.8. The fourth-order valence-corrected chi connectivity index (χ4v) is 2.67. The van der Waals surface area contributed by atoms with Crippen LogP contribution >= 0.6 is 15.9 Å². The molecule has 0 aliphatic rings. The van der Waals surface area contributed by atoms with Gasteiger partial charge in [-0.1, -0.05) is 29.8 Å². The maximum absolute atomic E-state index is 9.44. The molecule has 0 aliphatic heterocycles. The van der Waals surface area contributed by atoms with Crippen LogP contribution < -0.4 is 4.74 Å². The lowest BCUT2D eigenvalue weighted by Crippen LogP contribution is -2.40. The molecule has 0 bridgehead atoms. The molecule has 108 valence electrons. The number of likely N-dealkylation sites (N-methyl/N-ethyl adjacent to an activating group) is 1. The highest BCUT2D eigenvalue weighted by molar-refractivity contribution is 9.10. The molecule has 19 heavy (non-hydrogen) atoms. The Kier molecular flexibility index (Phi) is 6.83. The van der Waals surface area contributed by atoms with Crippen molar-refractivity contribution in [3.8, 4) is 5.75 Å². The summed E-state index contributed by atoms with van der Waals surface area (Å²) in [5.74, 6) is 1.36. The van der Waals surface area contributed by atoms with Crippen LogP contribution in [-0.4, -0.2) is 43.4 Å². The van der Waals surface area contributed by atoms with Crippen LogP contribution in [0, 0.1) is 5.92 Å². The molecule has 0 amide bonds. The maximum Gasteiger partial charge on any atom is 0.122 e. The van der Waals surface area contributed by atoms with Gasteiger partial charge in [-0.3, -0.25) is 0 Å². The van der Waals surface area contributed by atoms with Crippen molar-refractivity contribution in [3.05, 3.63) is 28.2 Å². The summed E-state index contributed by atoms with van der Waals surface area (Å²) < 4.78 is 6.44. The van der Waals surface area contributed by atoms with Gasteiger partial charge in [0.25, 0.3) is 0 Å². The van der Waals surface area contributed by atoms with Gasteiger partial charge in [-0.2, -0.15) is 0 Å². The number of halogens is 1. The highest BCUT2D eigenvalue weighted by atomic mass is 79.9. The molecule has 1 N–H and O–H groups in total. The fourth-order valence-electron chi connectivity index (χ4n) is 2.26. The highest BCUT2D eigenvalue weighted by Crippen LogP contribution is 2.23. The van der Waals surface area contributed by atoms with Gasteiger partial charge in [0.05, 0.1) is 13.7 Å². The van der Waals surface area contributed by atoms with Crippen molar-refractivity contribution in [1.82, 2.24) is 4.90 Å². The number of rotatable bonds is 7. The molecule has 1 rings (SSSR count). The number of aliphatic hydroxyl groups excluding tert-OH is 1. The Hall–Kier alpha value is -0.580. The van der Waals surface area contributed by atoms with Crippen molar-refractivity contribution in [1.29, 1.82) is 0 Å². The van der Waals surface area contributed by atoms with E-state index in [1.54, 1.807) is 7.11 Å². The van der Waals surface area contributed by atoms with Gasteiger partial charge in [0.1, 0.15) is 5.75 Å². The van der Waals surface area contributed by atoms with Crippen molar-refractivity contribution in [2.75, 3.05) is 27.3 Å². The molecular formula is C15H24BrNO2. The lowest BCUT2D eigenvalue weighted by Gasteiger charge is -2.29. The first kappa shape index (κ1) is 16.5. The van der Waals surface area contributed by atoms with Gasteiger partial charge in [-0.05, 0) is 43.1 Å². The molecule has 0 heterocycles. The lowest BCUT2D eigenvalue weighted by molar-refractivity contribution is 0.114. The van der Waals surface area contributed by atoms with Crippen LogP contribution in [0.1, 0.15) is 19.4 Å². The summed E-state index contributed by atoms with van der Waals surface area (Å²) in [6.45, 7) is 5.37. The van der Waals surface area contributed by atoms with E-state index in [-0.39, 0.29) is 12.6 Å². The Morgan fingerprint density at radius 3 is 2.58 bits per heavy atom. The van der Waals surface area contributed by atoms with E-state index >= 15 is 0 Å². The summed E-state index contributed by atoms with van der Waals surface area (Å²) in [5, 5.41) is 9.44. The van der Waals surface area contributed by atoms with Gasteiger partial charge >= 0.3 is 0 Å². The molecule has 0 saturated heterocycles. The third-order valence-corrected chi connectivity index (χ3v) is 3.99. The molecule has 0 fully saturated rings. The quantitative estimate of drug-likeness (QED) is 0.834. The summed E-state index contributed by atoms with van der Waals surface area (Å²) in [4.78, 5) is 2.21. The predicted molar refractivity (Wildman–Crippen MR) is 82.7 cm³/mol. The molecule has 0 aromatic heterocycles. The standard InChI is InChI=1S/C15H24BrNO2/c1-11(2)14(10-18)17(3)8-7-12-9-13(16)5-6-15(12)19-4/h5-6,9,11,14,18H,7-8,10H2,1-4H3. The first-order chi connectivity index (χ1) is 8.99. The Balaban J connectivity index is 2.68. The van der Waals surface area contributed by atoms with Crippen LogP contribution in [0.15, 0.2) is 22.7 Å². The number of hydrogen-bond donors (Lipinski definition) is 1. The first-order valence-corrected chi connectivity index (χ1v) is 7.42. The van der Waals surface area contributed by atoms with Gasteiger partial charge in [-0.25, -0.2) is 0 Å². The third kappa shape index (κ3) is 4.79. The summed E-state index contributed by atoms with van der Waals surface area (Å²) >= 11 is 3.49. The number of ether oxygens (including phenoxy) is 1. The van der Waals surface area contributed by atoms with E-state index in [0.717, 1.165) is 23.2 Å². The normalized spacial score (nSPS) is 13.1. The zero-order valence-electron chi connectivity index (χ0n) is 12.2. The van der Waals surface area contributed by atoms with Crippen molar-refractivity contribution in [3.63, 3.8) is 0 Å². The minimum Gasteiger partial charge on any atom is -0.496 e. The van der Waals surface area contributed by atoms with E-state index in [4.69, 9.17) is 4.74 Å². The molecule has 4 heteroatoms. The largest absolute Gasteiger partial charge is 0.496 e. The zero-order chi connectivity index (χ0) is 14.4. The maximum atomic E-state index is 9.44. The van der Waals surface area contributed by atoms with Gasteiger partial charge in [-0.15, -0.1) is 0 Å². The van der Waals surface area contributed by atoms with Crippen LogP contribution in [0.3, 0.4) is 0 Å². The predicted octanol–water partition coefficient (Wildman–Crippen LogP) is 2.95. The number of hydrogen-bond acceptors (Lipinski definition) is 3. The topological polar surface area (TPSA) is 32.7 Å². The summed E-state index contributed by atoms with van der Waals surface area (Å²) in [7, 11) is 3.76. The number of aliphatic hydroxyl groups is 1. The molecule has 1 aromatic carbocycles. The Bertz CT molecular complexity index is 396. The highest BCUT2D eigenvalue weighted by Gasteiger charge is 2.17. The van der Waals surface area contributed by atoms with Crippen molar-refractivity contribution >= 4 is 15.9 Å². The van der Waals surface area contributed by atoms with Gasteiger partial charge in [0.2, 0.25) is 0 Å². The molecule has 0 spiro atoms. The fraction of sp³-hybridized carbons (Fsp3) is 0.600. The molecule has 1 aromatic rings. The molecule has 1 atom stereocenters. The van der Waals surface area contributed by atoms with E-state index in [1.165, 1.54) is 5.56 Å².